The zero-order valence-corrected chi connectivity index (χ0v) is 12.6. The number of nitrogens with zero attached hydrogens (tertiary/aromatic N) is 1. The second kappa shape index (κ2) is 6.52. The maximum Gasteiger partial charge on any atom is 0.256 e. The van der Waals surface area contributed by atoms with Crippen LogP contribution < -0.4 is 4.74 Å². The number of allylic oxidation sites excluding steroid dienone is 3. The highest BCUT2D eigenvalue weighted by molar-refractivity contribution is 5.70. The smallest absolute Gasteiger partial charge is 0.256 e. The van der Waals surface area contributed by atoms with Crippen LogP contribution in [0.5, 0.6) is 5.75 Å². The molecule has 2 aliphatic rings. The molecule has 0 unspecified atom stereocenters. The number of hydrogen-bond donors (Lipinski definition) is 0. The Balaban J connectivity index is 1.82. The first-order chi connectivity index (χ1) is 11.0. The first kappa shape index (κ1) is 15.7. The van der Waals surface area contributed by atoms with Gasteiger partial charge in [-0.25, -0.2) is 13.2 Å². The van der Waals surface area contributed by atoms with E-state index in [9.17, 15) is 13.2 Å². The fraction of sp³-hybridized carbons (Fsp3) is 0.333. The van der Waals surface area contributed by atoms with E-state index in [1.807, 2.05) is 0 Å². The predicted molar refractivity (Wildman–Crippen MR) is 83.6 cm³/mol. The Hall–Kier alpha value is -2.17. The number of benzene rings is 1. The Morgan fingerprint density at radius 1 is 1.30 bits per heavy atom. The highest BCUT2D eigenvalue weighted by Crippen LogP contribution is 2.32. The summed E-state index contributed by atoms with van der Waals surface area (Å²) in [6.07, 6.45) is 4.69. The summed E-state index contributed by atoms with van der Waals surface area (Å²) in [4.78, 5) is 1.33. The second-order valence-electron chi connectivity index (χ2n) is 5.80. The van der Waals surface area contributed by atoms with Crippen LogP contribution >= 0.6 is 0 Å². The Morgan fingerprint density at radius 3 is 2.74 bits per heavy atom. The van der Waals surface area contributed by atoms with E-state index in [0.717, 1.165) is 12.8 Å². The van der Waals surface area contributed by atoms with Crippen molar-refractivity contribution in [3.8, 4) is 5.75 Å². The summed E-state index contributed by atoms with van der Waals surface area (Å²) in [5.74, 6) is 0.546. The zero-order chi connectivity index (χ0) is 16.4. The molecule has 0 aromatic heterocycles. The normalized spacial score (nSPS) is 17.7. The molecule has 1 aromatic carbocycles. The zero-order valence-electron chi connectivity index (χ0n) is 12.6. The van der Waals surface area contributed by atoms with Gasteiger partial charge in [-0.1, -0.05) is 12.7 Å². The van der Waals surface area contributed by atoms with Gasteiger partial charge in [0.25, 0.3) is 6.43 Å². The molecular weight excluding hydrogens is 303 g/mol. The van der Waals surface area contributed by atoms with Gasteiger partial charge < -0.3 is 9.64 Å². The minimum atomic E-state index is -2.54. The Morgan fingerprint density at radius 2 is 2.09 bits per heavy atom. The van der Waals surface area contributed by atoms with Gasteiger partial charge in [0.2, 0.25) is 0 Å². The van der Waals surface area contributed by atoms with Crippen molar-refractivity contribution in [2.75, 3.05) is 13.2 Å². The van der Waals surface area contributed by atoms with Crippen molar-refractivity contribution >= 4 is 5.70 Å². The molecule has 122 valence electrons. The monoisotopic (exact) mass is 321 g/mol. The largest absolute Gasteiger partial charge is 0.493 e. The molecule has 0 saturated heterocycles. The summed E-state index contributed by atoms with van der Waals surface area (Å²) >= 11 is 0. The van der Waals surface area contributed by atoms with E-state index in [1.165, 1.54) is 11.0 Å². The number of ether oxygens (including phenoxy) is 1. The van der Waals surface area contributed by atoms with E-state index in [4.69, 9.17) is 4.74 Å². The third-order valence-corrected chi connectivity index (χ3v) is 3.90. The van der Waals surface area contributed by atoms with Crippen LogP contribution in [0, 0.1) is 11.7 Å². The van der Waals surface area contributed by atoms with Gasteiger partial charge in [0, 0.05) is 17.3 Å². The molecule has 1 aliphatic heterocycles. The molecular formula is C18H18F3NO. The van der Waals surface area contributed by atoms with E-state index in [-0.39, 0.29) is 5.56 Å². The summed E-state index contributed by atoms with van der Waals surface area (Å²) in [6.45, 7) is 3.82. The van der Waals surface area contributed by atoms with Crippen molar-refractivity contribution in [3.05, 3.63) is 60.1 Å². The van der Waals surface area contributed by atoms with Gasteiger partial charge in [0.1, 0.15) is 11.6 Å². The van der Waals surface area contributed by atoms with Gasteiger partial charge in [0.15, 0.2) is 0 Å². The molecule has 5 heteroatoms. The van der Waals surface area contributed by atoms with Crippen molar-refractivity contribution in [1.82, 2.24) is 4.90 Å². The summed E-state index contributed by atoms with van der Waals surface area (Å²) in [5.41, 5.74) is 1.05. The van der Waals surface area contributed by atoms with Gasteiger partial charge >= 0.3 is 0 Å². The fourth-order valence-electron chi connectivity index (χ4n) is 2.47. The predicted octanol–water partition coefficient (Wildman–Crippen LogP) is 4.61. The van der Waals surface area contributed by atoms with Crippen LogP contribution in [0.3, 0.4) is 0 Å². The molecule has 0 spiro atoms. The second-order valence-corrected chi connectivity index (χ2v) is 5.80. The lowest BCUT2D eigenvalue weighted by Gasteiger charge is -2.30. The Bertz CT molecular complexity index is 662. The molecule has 23 heavy (non-hydrogen) atoms. The summed E-state index contributed by atoms with van der Waals surface area (Å²) in [5, 5.41) is 0. The lowest BCUT2D eigenvalue weighted by atomic mass is 10.1. The van der Waals surface area contributed by atoms with Crippen LogP contribution in [0.2, 0.25) is 0 Å². The molecule has 1 aliphatic carbocycles. The average Bonchev–Trinajstić information content (AvgIpc) is 3.32. The number of rotatable bonds is 6. The van der Waals surface area contributed by atoms with E-state index < -0.39 is 18.8 Å². The number of hydrogen-bond acceptors (Lipinski definition) is 2. The van der Waals surface area contributed by atoms with Gasteiger partial charge in [-0.05, 0) is 43.0 Å². The van der Waals surface area contributed by atoms with Crippen molar-refractivity contribution in [2.24, 2.45) is 5.92 Å². The van der Waals surface area contributed by atoms with Crippen molar-refractivity contribution in [2.45, 2.75) is 19.3 Å². The lowest BCUT2D eigenvalue weighted by molar-refractivity contribution is 0.123. The summed E-state index contributed by atoms with van der Waals surface area (Å²) in [7, 11) is 0. The lowest BCUT2D eigenvalue weighted by Crippen LogP contribution is -2.27. The molecule has 0 radical (unpaired) electrons. The molecule has 1 aromatic rings. The van der Waals surface area contributed by atoms with E-state index >= 15 is 0 Å². The fourth-order valence-corrected chi connectivity index (χ4v) is 2.47. The highest BCUT2D eigenvalue weighted by atomic mass is 19.3. The minimum absolute atomic E-state index is 0.259. The molecule has 3 rings (SSSR count). The van der Waals surface area contributed by atoms with Crippen molar-refractivity contribution < 1.29 is 17.9 Å². The SMILES string of the molecule is C=C1C=CC=C(c2ccc(OCC3CC3)cc2F)N1CC(F)F. The van der Waals surface area contributed by atoms with E-state index in [0.29, 0.717) is 29.7 Å². The van der Waals surface area contributed by atoms with Crippen molar-refractivity contribution in [3.63, 3.8) is 0 Å². The van der Waals surface area contributed by atoms with Crippen LogP contribution in [0.4, 0.5) is 13.2 Å². The third kappa shape index (κ3) is 3.78. The Kier molecular flexibility index (Phi) is 4.46. The first-order valence-electron chi connectivity index (χ1n) is 7.60. The van der Waals surface area contributed by atoms with Crippen LogP contribution in [-0.2, 0) is 0 Å². The van der Waals surface area contributed by atoms with Crippen LogP contribution in [0.15, 0.2) is 48.7 Å². The van der Waals surface area contributed by atoms with E-state index in [2.05, 4.69) is 6.58 Å². The summed E-state index contributed by atoms with van der Waals surface area (Å²) < 4.78 is 45.5. The van der Waals surface area contributed by atoms with Crippen molar-refractivity contribution in [1.29, 1.82) is 0 Å². The van der Waals surface area contributed by atoms with E-state index in [1.54, 1.807) is 30.4 Å². The maximum absolute atomic E-state index is 14.4. The third-order valence-electron chi connectivity index (χ3n) is 3.90. The van der Waals surface area contributed by atoms with Gasteiger partial charge in [0.05, 0.1) is 18.8 Å². The van der Waals surface area contributed by atoms with Gasteiger partial charge in [-0.2, -0.15) is 0 Å². The van der Waals surface area contributed by atoms with Crippen LogP contribution in [-0.4, -0.2) is 24.5 Å². The quantitative estimate of drug-likeness (QED) is 0.759. The Labute approximate surface area is 133 Å². The number of halogens is 3. The maximum atomic E-state index is 14.4. The topological polar surface area (TPSA) is 12.5 Å². The molecule has 1 saturated carbocycles. The highest BCUT2D eigenvalue weighted by Gasteiger charge is 2.24. The molecule has 1 heterocycles. The summed E-state index contributed by atoms with van der Waals surface area (Å²) in [6, 6.07) is 4.54. The minimum Gasteiger partial charge on any atom is -0.493 e. The first-order valence-corrected chi connectivity index (χ1v) is 7.60. The standard InChI is InChI=1S/C18H18F3NO/c1-12-3-2-4-17(22(12)10-18(20)21)15-8-7-14(9-16(15)19)23-11-13-5-6-13/h2-4,7-9,13,18H,1,5-6,10-11H2. The molecule has 2 nitrogen and oxygen atoms in total. The number of alkyl halides is 2. The molecule has 1 fully saturated rings. The molecule has 0 atom stereocenters. The molecule has 0 bridgehead atoms. The molecule has 0 N–H and O–H groups in total. The van der Waals surface area contributed by atoms with Crippen LogP contribution in [0.1, 0.15) is 18.4 Å². The average molecular weight is 321 g/mol. The van der Waals surface area contributed by atoms with Gasteiger partial charge in [-0.3, -0.25) is 0 Å². The van der Waals surface area contributed by atoms with Gasteiger partial charge in [-0.15, -0.1) is 0 Å². The molecule has 0 amide bonds. The van der Waals surface area contributed by atoms with Crippen LogP contribution in [0.25, 0.3) is 5.70 Å².